The number of carbonyl (C=O) groups is 1. The summed E-state index contributed by atoms with van der Waals surface area (Å²) < 4.78 is 28.1. The van der Waals surface area contributed by atoms with Crippen LogP contribution in [0.4, 0.5) is 4.79 Å². The van der Waals surface area contributed by atoms with Crippen molar-refractivity contribution in [2.24, 2.45) is 0 Å². The highest BCUT2D eigenvalue weighted by molar-refractivity contribution is 7.95. The molecule has 6 nitrogen and oxygen atoms in total. The van der Waals surface area contributed by atoms with E-state index in [1.807, 2.05) is 0 Å². The molecule has 0 spiro atoms. The van der Waals surface area contributed by atoms with Gasteiger partial charge in [-0.05, 0) is 20.9 Å². The maximum Gasteiger partial charge on any atom is 0.412 e. The van der Waals surface area contributed by atoms with Crippen LogP contribution in [0, 0.1) is 0 Å². The summed E-state index contributed by atoms with van der Waals surface area (Å²) in [6.07, 6.45) is -0.723. The molecule has 0 bridgehead atoms. The lowest BCUT2D eigenvalue weighted by molar-refractivity contribution is 0.173. The van der Waals surface area contributed by atoms with Crippen LogP contribution in [0.1, 0.15) is 13.8 Å². The summed E-state index contributed by atoms with van der Waals surface area (Å²) in [7, 11) is -1.76. The number of amides is 1. The first-order chi connectivity index (χ1) is 8.19. The SMILES string of the molecule is C=C(C)OC(=O)N[C@@H](CNC)CS(=O)(=O)C(=C)C. The smallest absolute Gasteiger partial charge is 0.412 e. The van der Waals surface area contributed by atoms with Crippen LogP contribution in [0.25, 0.3) is 0 Å². The average molecular weight is 276 g/mol. The Morgan fingerprint density at radius 1 is 1.33 bits per heavy atom. The molecule has 0 unspecified atom stereocenters. The van der Waals surface area contributed by atoms with Crippen molar-refractivity contribution in [2.75, 3.05) is 19.3 Å². The van der Waals surface area contributed by atoms with Crippen molar-refractivity contribution in [2.45, 2.75) is 19.9 Å². The molecule has 0 aliphatic rings. The molecule has 7 heteroatoms. The zero-order valence-corrected chi connectivity index (χ0v) is 11.8. The second kappa shape index (κ2) is 7.17. The average Bonchev–Trinajstić information content (AvgIpc) is 2.15. The first kappa shape index (κ1) is 16.7. The fourth-order valence-electron chi connectivity index (χ4n) is 1.16. The van der Waals surface area contributed by atoms with Crippen LogP contribution >= 0.6 is 0 Å². The minimum Gasteiger partial charge on any atom is -0.416 e. The van der Waals surface area contributed by atoms with Gasteiger partial charge in [-0.15, -0.1) is 0 Å². The van der Waals surface area contributed by atoms with Gasteiger partial charge in [-0.3, -0.25) is 0 Å². The standard InChI is InChI=1S/C11H20N2O4S/c1-8(2)17-11(14)13-10(6-12-5)7-18(15,16)9(3)4/h10,12H,1,3,6-7H2,2,4-5H3,(H,13,14)/t10-/m0/s1. The predicted molar refractivity (Wildman–Crippen MR) is 70.7 cm³/mol. The molecule has 0 heterocycles. The summed E-state index contributed by atoms with van der Waals surface area (Å²) in [5, 5.41) is 5.26. The van der Waals surface area contributed by atoms with Gasteiger partial charge in [-0.25, -0.2) is 13.2 Å². The first-order valence-electron chi connectivity index (χ1n) is 5.35. The zero-order chi connectivity index (χ0) is 14.3. The lowest BCUT2D eigenvalue weighted by Crippen LogP contribution is -2.45. The number of allylic oxidation sites excluding steroid dienone is 2. The molecule has 0 saturated heterocycles. The monoisotopic (exact) mass is 276 g/mol. The number of likely N-dealkylation sites (N-methyl/N-ethyl adjacent to an activating group) is 1. The van der Waals surface area contributed by atoms with E-state index in [0.29, 0.717) is 6.54 Å². The fraction of sp³-hybridized carbons (Fsp3) is 0.545. The van der Waals surface area contributed by atoms with E-state index < -0.39 is 22.0 Å². The molecule has 0 aromatic rings. The Kier molecular flexibility index (Phi) is 6.64. The van der Waals surface area contributed by atoms with Crippen molar-refractivity contribution in [3.8, 4) is 0 Å². The lowest BCUT2D eigenvalue weighted by atomic mass is 10.3. The van der Waals surface area contributed by atoms with Crippen molar-refractivity contribution >= 4 is 15.9 Å². The predicted octanol–water partition coefficient (Wildman–Crippen LogP) is 0.783. The van der Waals surface area contributed by atoms with Gasteiger partial charge in [0, 0.05) is 11.4 Å². The van der Waals surface area contributed by atoms with E-state index in [-0.39, 0.29) is 16.4 Å². The fourth-order valence-corrected chi connectivity index (χ4v) is 2.17. The highest BCUT2D eigenvalue weighted by Gasteiger charge is 2.21. The lowest BCUT2D eigenvalue weighted by Gasteiger charge is -2.18. The molecule has 0 fully saturated rings. The van der Waals surface area contributed by atoms with Crippen LogP contribution in [0.5, 0.6) is 0 Å². The molecule has 0 aliphatic heterocycles. The molecule has 1 amide bonds. The van der Waals surface area contributed by atoms with Gasteiger partial charge < -0.3 is 15.4 Å². The van der Waals surface area contributed by atoms with Gasteiger partial charge in [0.25, 0.3) is 0 Å². The Balaban J connectivity index is 4.63. The summed E-state index contributed by atoms with van der Waals surface area (Å²) in [6.45, 7) is 10.1. The zero-order valence-electron chi connectivity index (χ0n) is 10.9. The van der Waals surface area contributed by atoms with Gasteiger partial charge in [-0.2, -0.15) is 0 Å². The minimum absolute atomic E-state index is 0.0682. The van der Waals surface area contributed by atoms with E-state index in [2.05, 4.69) is 23.8 Å². The summed E-state index contributed by atoms with van der Waals surface area (Å²) >= 11 is 0. The largest absolute Gasteiger partial charge is 0.416 e. The second-order valence-electron chi connectivity index (χ2n) is 3.97. The van der Waals surface area contributed by atoms with E-state index in [1.165, 1.54) is 13.8 Å². The van der Waals surface area contributed by atoms with Crippen LogP contribution in [-0.2, 0) is 14.6 Å². The molecule has 0 rings (SSSR count). The number of hydrogen-bond donors (Lipinski definition) is 2. The van der Waals surface area contributed by atoms with Crippen molar-refractivity contribution in [3.63, 3.8) is 0 Å². The molecule has 0 aromatic heterocycles. The molecule has 2 N–H and O–H groups in total. The number of carbonyl (C=O) groups excluding carboxylic acids is 1. The Morgan fingerprint density at radius 2 is 1.89 bits per heavy atom. The first-order valence-corrected chi connectivity index (χ1v) is 7.01. The van der Waals surface area contributed by atoms with Gasteiger partial charge in [-0.1, -0.05) is 13.2 Å². The Bertz CT molecular complexity index is 428. The summed E-state index contributed by atoms with van der Waals surface area (Å²) in [5.74, 6) is 0.00698. The van der Waals surface area contributed by atoms with E-state index in [0.717, 1.165) is 0 Å². The van der Waals surface area contributed by atoms with Gasteiger partial charge >= 0.3 is 6.09 Å². The van der Waals surface area contributed by atoms with Crippen molar-refractivity contribution in [1.82, 2.24) is 10.6 Å². The third kappa shape index (κ3) is 6.41. The van der Waals surface area contributed by atoms with Crippen LogP contribution in [0.3, 0.4) is 0 Å². The van der Waals surface area contributed by atoms with Crippen LogP contribution in [0.2, 0.25) is 0 Å². The van der Waals surface area contributed by atoms with E-state index in [4.69, 9.17) is 4.74 Å². The number of alkyl carbamates (subject to hydrolysis) is 1. The van der Waals surface area contributed by atoms with Crippen molar-refractivity contribution in [3.05, 3.63) is 23.8 Å². The van der Waals surface area contributed by atoms with E-state index >= 15 is 0 Å². The number of ether oxygens (including phenoxy) is 1. The Hall–Kier alpha value is -1.34. The minimum atomic E-state index is -3.42. The molecule has 0 aliphatic carbocycles. The van der Waals surface area contributed by atoms with E-state index in [1.54, 1.807) is 7.05 Å². The molecular formula is C11H20N2O4S. The molecule has 18 heavy (non-hydrogen) atoms. The third-order valence-corrected chi connectivity index (χ3v) is 3.89. The van der Waals surface area contributed by atoms with Gasteiger partial charge in [0.05, 0.1) is 17.6 Å². The van der Waals surface area contributed by atoms with Gasteiger partial charge in [0.15, 0.2) is 9.84 Å². The number of nitrogens with one attached hydrogen (secondary N) is 2. The molecule has 0 aromatic carbocycles. The third-order valence-electron chi connectivity index (χ3n) is 1.99. The molecular weight excluding hydrogens is 256 g/mol. The normalized spacial score (nSPS) is 12.6. The second-order valence-corrected chi connectivity index (χ2v) is 6.23. The molecule has 0 radical (unpaired) electrons. The molecule has 1 atom stereocenters. The van der Waals surface area contributed by atoms with Crippen molar-refractivity contribution in [1.29, 1.82) is 0 Å². The van der Waals surface area contributed by atoms with Crippen LogP contribution < -0.4 is 10.6 Å². The maximum atomic E-state index is 11.7. The highest BCUT2D eigenvalue weighted by Crippen LogP contribution is 2.05. The summed E-state index contributed by atoms with van der Waals surface area (Å²) in [5.41, 5.74) is 0. The highest BCUT2D eigenvalue weighted by atomic mass is 32.2. The van der Waals surface area contributed by atoms with Crippen molar-refractivity contribution < 1.29 is 17.9 Å². The Morgan fingerprint density at radius 3 is 2.28 bits per heavy atom. The topological polar surface area (TPSA) is 84.5 Å². The van der Waals surface area contributed by atoms with Gasteiger partial charge in [0.2, 0.25) is 0 Å². The van der Waals surface area contributed by atoms with Gasteiger partial charge in [0.1, 0.15) is 0 Å². The Labute approximate surface area is 108 Å². The van der Waals surface area contributed by atoms with E-state index in [9.17, 15) is 13.2 Å². The maximum absolute atomic E-state index is 11.7. The summed E-state index contributed by atoms with van der Waals surface area (Å²) in [4.78, 5) is 11.4. The summed E-state index contributed by atoms with van der Waals surface area (Å²) in [6, 6.07) is -0.594. The van der Waals surface area contributed by atoms with Crippen LogP contribution in [-0.4, -0.2) is 39.9 Å². The van der Waals surface area contributed by atoms with Crippen LogP contribution in [0.15, 0.2) is 23.8 Å². The number of sulfone groups is 1. The number of rotatable bonds is 7. The number of hydrogen-bond acceptors (Lipinski definition) is 5. The molecule has 0 saturated carbocycles. The molecule has 104 valence electrons. The quantitative estimate of drug-likeness (QED) is 0.671.